The van der Waals surface area contributed by atoms with Gasteiger partial charge < -0.3 is 10.8 Å². The largest absolute Gasteiger partial charge is 0.480 e. The van der Waals surface area contributed by atoms with Gasteiger partial charge in [-0.3, -0.25) is 14.9 Å². The third-order valence-corrected chi connectivity index (χ3v) is 3.77. The lowest BCUT2D eigenvalue weighted by Crippen LogP contribution is -2.44. The summed E-state index contributed by atoms with van der Waals surface area (Å²) in [5.74, 6) is 0.535. The summed E-state index contributed by atoms with van der Waals surface area (Å²) in [6, 6.07) is -1.17. The van der Waals surface area contributed by atoms with Gasteiger partial charge in [-0.1, -0.05) is 0 Å². The molecule has 0 saturated heterocycles. The van der Waals surface area contributed by atoms with Crippen molar-refractivity contribution in [1.29, 1.82) is 0 Å². The van der Waals surface area contributed by atoms with E-state index >= 15 is 0 Å². The molecule has 0 saturated carbocycles. The SMILES string of the molecule is CSCCC(N)C(=O)CNC(CCSC)C(=O)O. The molecule has 0 bridgehead atoms. The third kappa shape index (κ3) is 7.97. The van der Waals surface area contributed by atoms with Crippen molar-refractivity contribution < 1.29 is 14.7 Å². The van der Waals surface area contributed by atoms with Crippen LogP contribution in [0.1, 0.15) is 12.8 Å². The van der Waals surface area contributed by atoms with Crippen LogP contribution in [-0.4, -0.2) is 59.5 Å². The summed E-state index contributed by atoms with van der Waals surface area (Å²) in [7, 11) is 0. The number of nitrogens with two attached hydrogens (primary N) is 1. The number of thioether (sulfide) groups is 2. The van der Waals surface area contributed by atoms with Crippen molar-refractivity contribution in [3.8, 4) is 0 Å². The Morgan fingerprint density at radius 2 is 1.78 bits per heavy atom. The molecule has 18 heavy (non-hydrogen) atoms. The van der Waals surface area contributed by atoms with Gasteiger partial charge in [0.1, 0.15) is 6.04 Å². The fourth-order valence-electron chi connectivity index (χ4n) is 1.31. The Morgan fingerprint density at radius 3 is 2.28 bits per heavy atom. The third-order valence-electron chi connectivity index (χ3n) is 2.48. The molecule has 0 aromatic rings. The summed E-state index contributed by atoms with van der Waals surface area (Å²) in [6.45, 7) is 0.0287. The van der Waals surface area contributed by atoms with Crippen LogP contribution < -0.4 is 11.1 Å². The zero-order chi connectivity index (χ0) is 14.0. The quantitative estimate of drug-likeness (QED) is 0.509. The number of rotatable bonds is 11. The molecule has 0 spiro atoms. The number of carboxylic acid groups (broad SMARTS) is 1. The highest BCUT2D eigenvalue weighted by Crippen LogP contribution is 2.02. The highest BCUT2D eigenvalue weighted by Gasteiger charge is 2.19. The van der Waals surface area contributed by atoms with Crippen LogP contribution in [0.4, 0.5) is 0 Å². The van der Waals surface area contributed by atoms with Crippen LogP contribution in [-0.2, 0) is 9.59 Å². The van der Waals surface area contributed by atoms with Crippen molar-refractivity contribution >= 4 is 35.3 Å². The Bertz CT molecular complexity index is 265. The number of carboxylic acids is 1. The lowest BCUT2D eigenvalue weighted by molar-refractivity contribution is -0.139. The molecular weight excluding hydrogens is 272 g/mol. The van der Waals surface area contributed by atoms with Gasteiger partial charge in [0, 0.05) is 0 Å². The molecule has 4 N–H and O–H groups in total. The molecule has 0 aromatic carbocycles. The Hall–Kier alpha value is -0.240. The summed E-state index contributed by atoms with van der Waals surface area (Å²) in [5, 5.41) is 11.7. The summed E-state index contributed by atoms with van der Waals surface area (Å²) < 4.78 is 0. The molecule has 0 aliphatic heterocycles. The van der Waals surface area contributed by atoms with Crippen LogP contribution in [0.15, 0.2) is 0 Å². The molecule has 0 amide bonds. The van der Waals surface area contributed by atoms with Crippen LogP contribution in [0, 0.1) is 0 Å². The molecule has 0 radical (unpaired) electrons. The zero-order valence-electron chi connectivity index (χ0n) is 10.8. The van der Waals surface area contributed by atoms with Gasteiger partial charge in [0.25, 0.3) is 0 Å². The zero-order valence-corrected chi connectivity index (χ0v) is 12.5. The summed E-state index contributed by atoms with van der Waals surface area (Å²) in [6.07, 6.45) is 5.01. The molecule has 0 heterocycles. The van der Waals surface area contributed by atoms with Crippen molar-refractivity contribution in [3.63, 3.8) is 0 Å². The number of carbonyl (C=O) groups excluding carboxylic acids is 1. The first kappa shape index (κ1) is 17.8. The van der Waals surface area contributed by atoms with E-state index in [2.05, 4.69) is 5.32 Å². The summed E-state index contributed by atoms with van der Waals surface area (Å²) in [4.78, 5) is 22.6. The monoisotopic (exact) mass is 294 g/mol. The van der Waals surface area contributed by atoms with Gasteiger partial charge in [-0.25, -0.2) is 0 Å². The standard InChI is InChI=1S/C11H22N2O3S2/c1-17-5-3-8(12)10(14)7-13-9(11(15)16)4-6-18-2/h8-9,13H,3-7,12H2,1-2H3,(H,15,16). The second kappa shape index (κ2) is 10.7. The smallest absolute Gasteiger partial charge is 0.320 e. The van der Waals surface area contributed by atoms with Crippen LogP contribution >= 0.6 is 23.5 Å². The van der Waals surface area contributed by atoms with Gasteiger partial charge in [0.2, 0.25) is 0 Å². The number of Topliss-reactive ketones (excluding diaryl/α,β-unsaturated/α-hetero) is 1. The van der Waals surface area contributed by atoms with E-state index in [0.717, 1.165) is 11.5 Å². The fraction of sp³-hybridized carbons (Fsp3) is 0.818. The molecule has 0 rings (SSSR count). The molecule has 2 atom stereocenters. The van der Waals surface area contributed by atoms with Crippen molar-refractivity contribution in [1.82, 2.24) is 5.32 Å². The summed E-state index contributed by atoms with van der Waals surface area (Å²) >= 11 is 3.22. The Balaban J connectivity index is 4.01. The second-order valence-corrected chi connectivity index (χ2v) is 5.88. The van der Waals surface area contributed by atoms with Gasteiger partial charge in [-0.15, -0.1) is 0 Å². The van der Waals surface area contributed by atoms with E-state index in [4.69, 9.17) is 10.8 Å². The first-order chi connectivity index (χ1) is 8.52. The van der Waals surface area contributed by atoms with E-state index in [1.807, 2.05) is 12.5 Å². The number of carbonyl (C=O) groups is 2. The van der Waals surface area contributed by atoms with Gasteiger partial charge in [0.15, 0.2) is 5.78 Å². The molecular formula is C11H22N2O3S2. The summed E-state index contributed by atoms with van der Waals surface area (Å²) in [5.41, 5.74) is 5.71. The van der Waals surface area contributed by atoms with Crippen molar-refractivity contribution in [2.75, 3.05) is 30.6 Å². The van der Waals surface area contributed by atoms with Crippen molar-refractivity contribution in [3.05, 3.63) is 0 Å². The van der Waals surface area contributed by atoms with E-state index in [1.54, 1.807) is 23.5 Å². The van der Waals surface area contributed by atoms with E-state index < -0.39 is 18.1 Å². The van der Waals surface area contributed by atoms with Gasteiger partial charge >= 0.3 is 5.97 Å². The van der Waals surface area contributed by atoms with Gasteiger partial charge in [-0.05, 0) is 36.9 Å². The maximum Gasteiger partial charge on any atom is 0.320 e. The number of nitrogens with one attached hydrogen (secondary N) is 1. The lowest BCUT2D eigenvalue weighted by atomic mass is 10.1. The molecule has 106 valence electrons. The van der Waals surface area contributed by atoms with Gasteiger partial charge in [0.05, 0.1) is 12.6 Å². The average molecular weight is 294 g/mol. The number of hydrogen-bond acceptors (Lipinski definition) is 6. The van der Waals surface area contributed by atoms with Crippen molar-refractivity contribution in [2.45, 2.75) is 24.9 Å². The highest BCUT2D eigenvalue weighted by molar-refractivity contribution is 7.98. The molecule has 5 nitrogen and oxygen atoms in total. The average Bonchev–Trinajstić information content (AvgIpc) is 2.35. The maximum absolute atomic E-state index is 11.7. The Morgan fingerprint density at radius 1 is 1.22 bits per heavy atom. The minimum atomic E-state index is -0.922. The van der Waals surface area contributed by atoms with E-state index in [0.29, 0.717) is 12.8 Å². The predicted molar refractivity (Wildman–Crippen MR) is 78.4 cm³/mol. The minimum Gasteiger partial charge on any atom is -0.480 e. The molecule has 0 fully saturated rings. The Labute approximate surface area is 117 Å². The minimum absolute atomic E-state index is 0.0287. The van der Waals surface area contributed by atoms with E-state index in [9.17, 15) is 9.59 Å². The maximum atomic E-state index is 11.7. The van der Waals surface area contributed by atoms with Gasteiger partial charge in [-0.2, -0.15) is 23.5 Å². The second-order valence-electron chi connectivity index (χ2n) is 3.91. The highest BCUT2D eigenvalue weighted by atomic mass is 32.2. The van der Waals surface area contributed by atoms with Crippen LogP contribution in [0.25, 0.3) is 0 Å². The molecule has 0 aliphatic carbocycles. The first-order valence-corrected chi connectivity index (χ1v) is 8.54. The number of aliphatic carboxylic acids is 1. The normalized spacial score (nSPS) is 14.2. The van der Waals surface area contributed by atoms with E-state index in [1.165, 1.54) is 0 Å². The van der Waals surface area contributed by atoms with Crippen LogP contribution in [0.3, 0.4) is 0 Å². The Kier molecular flexibility index (Phi) is 10.5. The lowest BCUT2D eigenvalue weighted by Gasteiger charge is -2.15. The number of hydrogen-bond donors (Lipinski definition) is 3. The van der Waals surface area contributed by atoms with Crippen molar-refractivity contribution in [2.24, 2.45) is 5.73 Å². The topological polar surface area (TPSA) is 92.4 Å². The first-order valence-electron chi connectivity index (χ1n) is 5.75. The van der Waals surface area contributed by atoms with Crippen LogP contribution in [0.5, 0.6) is 0 Å². The molecule has 7 heteroatoms. The number of ketones is 1. The fourth-order valence-corrected chi connectivity index (χ4v) is 2.27. The van der Waals surface area contributed by atoms with Crippen LogP contribution in [0.2, 0.25) is 0 Å². The molecule has 0 aromatic heterocycles. The molecule has 0 aliphatic rings. The van der Waals surface area contributed by atoms with E-state index in [-0.39, 0.29) is 12.3 Å². The molecule has 2 unspecified atom stereocenters. The predicted octanol–water partition coefficient (Wildman–Crippen LogP) is 0.432.